The second kappa shape index (κ2) is 12.4. The number of amides is 1. The number of carbonyl (C=O) groups is 1. The molecule has 0 saturated carbocycles. The molecule has 0 aliphatic carbocycles. The second-order valence-electron chi connectivity index (χ2n) is 7.11. The minimum atomic E-state index is 0.0234. The summed E-state index contributed by atoms with van der Waals surface area (Å²) in [6, 6.07) is 7.77. The summed E-state index contributed by atoms with van der Waals surface area (Å²) >= 11 is 0. The predicted molar refractivity (Wildman–Crippen MR) is 112 cm³/mol. The van der Waals surface area contributed by atoms with Crippen LogP contribution in [0.3, 0.4) is 0 Å². The molecule has 1 amide bonds. The first-order chi connectivity index (χ1) is 13.6. The van der Waals surface area contributed by atoms with E-state index in [2.05, 4.69) is 15.6 Å². The SMILES string of the molecule is CN=C(NCCCOC1CCOCC1)NCCc1cccc(C(=O)N(C)C)c1. The molecule has 0 aromatic heterocycles. The Kier molecular flexibility index (Phi) is 9.79. The Balaban J connectivity index is 1.63. The average Bonchev–Trinajstić information content (AvgIpc) is 2.72. The summed E-state index contributed by atoms with van der Waals surface area (Å²) in [6.07, 6.45) is 4.10. The second-order valence-corrected chi connectivity index (χ2v) is 7.11. The van der Waals surface area contributed by atoms with Gasteiger partial charge in [0, 0.05) is 59.6 Å². The van der Waals surface area contributed by atoms with E-state index >= 15 is 0 Å². The van der Waals surface area contributed by atoms with E-state index in [1.165, 1.54) is 0 Å². The minimum Gasteiger partial charge on any atom is -0.381 e. The molecule has 0 bridgehead atoms. The van der Waals surface area contributed by atoms with Crippen molar-refractivity contribution in [1.29, 1.82) is 0 Å². The van der Waals surface area contributed by atoms with Crippen LogP contribution >= 0.6 is 0 Å². The zero-order chi connectivity index (χ0) is 20.2. The summed E-state index contributed by atoms with van der Waals surface area (Å²) in [5.74, 6) is 0.807. The number of aliphatic imine (C=N–C) groups is 1. The predicted octanol–water partition coefficient (Wildman–Crippen LogP) is 1.68. The van der Waals surface area contributed by atoms with Gasteiger partial charge in [0.1, 0.15) is 0 Å². The zero-order valence-corrected chi connectivity index (χ0v) is 17.4. The van der Waals surface area contributed by atoms with Gasteiger partial charge in [-0.3, -0.25) is 9.79 Å². The van der Waals surface area contributed by atoms with Crippen LogP contribution in [-0.4, -0.2) is 76.9 Å². The van der Waals surface area contributed by atoms with E-state index in [-0.39, 0.29) is 5.91 Å². The average molecular weight is 391 g/mol. The number of benzene rings is 1. The highest BCUT2D eigenvalue weighted by Crippen LogP contribution is 2.10. The van der Waals surface area contributed by atoms with Gasteiger partial charge in [-0.2, -0.15) is 0 Å². The fourth-order valence-electron chi connectivity index (χ4n) is 3.04. The number of ether oxygens (including phenoxy) is 2. The Morgan fingerprint density at radius 3 is 2.71 bits per heavy atom. The fraction of sp³-hybridized carbons (Fsp3) is 0.619. The summed E-state index contributed by atoms with van der Waals surface area (Å²) in [5, 5.41) is 6.63. The van der Waals surface area contributed by atoms with Gasteiger partial charge in [0.15, 0.2) is 5.96 Å². The monoisotopic (exact) mass is 390 g/mol. The van der Waals surface area contributed by atoms with Crippen molar-refractivity contribution in [1.82, 2.24) is 15.5 Å². The molecule has 156 valence electrons. The van der Waals surface area contributed by atoms with Crippen molar-refractivity contribution in [2.24, 2.45) is 4.99 Å². The van der Waals surface area contributed by atoms with Gasteiger partial charge in [0.25, 0.3) is 5.91 Å². The van der Waals surface area contributed by atoms with Gasteiger partial charge in [-0.25, -0.2) is 0 Å². The highest BCUT2D eigenvalue weighted by molar-refractivity contribution is 5.94. The molecule has 28 heavy (non-hydrogen) atoms. The van der Waals surface area contributed by atoms with Crippen molar-refractivity contribution in [3.8, 4) is 0 Å². The summed E-state index contributed by atoms with van der Waals surface area (Å²) in [7, 11) is 5.30. The quantitative estimate of drug-likeness (QED) is 0.381. The first-order valence-electron chi connectivity index (χ1n) is 10.0. The molecule has 1 heterocycles. The summed E-state index contributed by atoms with van der Waals surface area (Å²) in [4.78, 5) is 17.9. The van der Waals surface area contributed by atoms with E-state index in [4.69, 9.17) is 9.47 Å². The highest BCUT2D eigenvalue weighted by atomic mass is 16.5. The molecule has 0 unspecified atom stereocenters. The third-order valence-corrected chi connectivity index (χ3v) is 4.65. The molecule has 1 aromatic carbocycles. The van der Waals surface area contributed by atoms with Gasteiger partial charge < -0.3 is 25.0 Å². The van der Waals surface area contributed by atoms with Crippen molar-refractivity contribution < 1.29 is 14.3 Å². The molecular formula is C21H34N4O3. The van der Waals surface area contributed by atoms with Crippen molar-refractivity contribution >= 4 is 11.9 Å². The Morgan fingerprint density at radius 1 is 1.25 bits per heavy atom. The standard InChI is InChI=1S/C21H34N4O3/c1-22-21(23-11-5-13-28-19-9-14-27-15-10-19)24-12-8-17-6-4-7-18(16-17)20(26)25(2)3/h4,6-7,16,19H,5,8-15H2,1-3H3,(H2,22,23,24). The summed E-state index contributed by atoms with van der Waals surface area (Å²) in [5.41, 5.74) is 1.84. The van der Waals surface area contributed by atoms with Gasteiger partial charge in [-0.15, -0.1) is 0 Å². The molecule has 0 atom stereocenters. The third kappa shape index (κ3) is 7.86. The lowest BCUT2D eigenvalue weighted by Crippen LogP contribution is -2.39. The maximum absolute atomic E-state index is 12.1. The van der Waals surface area contributed by atoms with Gasteiger partial charge >= 0.3 is 0 Å². The van der Waals surface area contributed by atoms with E-state index in [1.54, 1.807) is 26.0 Å². The Bertz CT molecular complexity index is 628. The zero-order valence-electron chi connectivity index (χ0n) is 17.4. The number of nitrogens with zero attached hydrogens (tertiary/aromatic N) is 2. The van der Waals surface area contributed by atoms with Gasteiger partial charge in [0.05, 0.1) is 6.10 Å². The molecule has 7 nitrogen and oxygen atoms in total. The van der Waals surface area contributed by atoms with Crippen LogP contribution in [0.2, 0.25) is 0 Å². The normalized spacial score (nSPS) is 15.3. The topological polar surface area (TPSA) is 75.2 Å². The van der Waals surface area contributed by atoms with Crippen molar-refractivity contribution in [2.45, 2.75) is 31.8 Å². The van der Waals surface area contributed by atoms with Gasteiger partial charge in [-0.05, 0) is 43.4 Å². The molecular weight excluding hydrogens is 356 g/mol. The van der Waals surface area contributed by atoms with Crippen LogP contribution in [0.25, 0.3) is 0 Å². The molecule has 2 rings (SSSR count). The number of hydrogen-bond acceptors (Lipinski definition) is 4. The number of carbonyl (C=O) groups excluding carboxylic acids is 1. The Hall–Kier alpha value is -2.12. The maximum Gasteiger partial charge on any atom is 0.253 e. The molecule has 1 fully saturated rings. The molecule has 7 heteroatoms. The first-order valence-corrected chi connectivity index (χ1v) is 10.0. The van der Waals surface area contributed by atoms with E-state index in [9.17, 15) is 4.79 Å². The molecule has 0 spiro atoms. The van der Waals surface area contributed by atoms with Crippen molar-refractivity contribution in [2.75, 3.05) is 54.1 Å². The number of nitrogens with one attached hydrogen (secondary N) is 2. The highest BCUT2D eigenvalue weighted by Gasteiger charge is 2.13. The minimum absolute atomic E-state index is 0.0234. The fourth-order valence-corrected chi connectivity index (χ4v) is 3.04. The van der Waals surface area contributed by atoms with Crippen LogP contribution in [0, 0.1) is 0 Å². The largest absolute Gasteiger partial charge is 0.381 e. The Morgan fingerprint density at radius 2 is 2.00 bits per heavy atom. The van der Waals surface area contributed by atoms with Crippen LogP contribution in [0.15, 0.2) is 29.3 Å². The summed E-state index contributed by atoms with van der Waals surface area (Å²) < 4.78 is 11.2. The maximum atomic E-state index is 12.1. The number of hydrogen-bond donors (Lipinski definition) is 2. The van der Waals surface area contributed by atoms with Crippen molar-refractivity contribution in [3.05, 3.63) is 35.4 Å². The number of rotatable bonds is 9. The lowest BCUT2D eigenvalue weighted by atomic mass is 10.1. The van der Waals surface area contributed by atoms with Gasteiger partial charge in [-0.1, -0.05) is 12.1 Å². The Labute approximate surface area is 168 Å². The molecule has 1 aromatic rings. The van der Waals surface area contributed by atoms with Crippen molar-refractivity contribution in [3.63, 3.8) is 0 Å². The van der Waals surface area contributed by atoms with E-state index in [0.29, 0.717) is 6.10 Å². The number of guanidine groups is 1. The van der Waals surface area contributed by atoms with E-state index < -0.39 is 0 Å². The van der Waals surface area contributed by atoms with Gasteiger partial charge in [0.2, 0.25) is 0 Å². The van der Waals surface area contributed by atoms with Crippen LogP contribution in [-0.2, 0) is 15.9 Å². The molecule has 1 saturated heterocycles. The molecule has 1 aliphatic heterocycles. The lowest BCUT2D eigenvalue weighted by molar-refractivity contribution is -0.0320. The molecule has 0 radical (unpaired) electrons. The van der Waals surface area contributed by atoms with Crippen LogP contribution < -0.4 is 10.6 Å². The third-order valence-electron chi connectivity index (χ3n) is 4.65. The van der Waals surface area contributed by atoms with Crippen LogP contribution in [0.5, 0.6) is 0 Å². The van der Waals surface area contributed by atoms with Crippen LogP contribution in [0.1, 0.15) is 35.2 Å². The molecule has 2 N–H and O–H groups in total. The van der Waals surface area contributed by atoms with E-state index in [1.807, 2.05) is 24.3 Å². The first kappa shape index (κ1) is 22.2. The van der Waals surface area contributed by atoms with E-state index in [0.717, 1.165) is 75.7 Å². The smallest absolute Gasteiger partial charge is 0.253 e. The molecule has 1 aliphatic rings. The lowest BCUT2D eigenvalue weighted by Gasteiger charge is -2.22. The van der Waals surface area contributed by atoms with Crippen LogP contribution in [0.4, 0.5) is 0 Å². The summed E-state index contributed by atoms with van der Waals surface area (Å²) in [6.45, 7) is 3.94.